The molecule has 190 valence electrons. The lowest BCUT2D eigenvalue weighted by molar-refractivity contribution is -0.159. The maximum Gasteiger partial charge on any atom is 0.329 e. The topological polar surface area (TPSA) is 55.8 Å². The van der Waals surface area contributed by atoms with Gasteiger partial charge in [-0.15, -0.1) is 6.58 Å². The second kappa shape index (κ2) is 16.3. The van der Waals surface area contributed by atoms with E-state index in [2.05, 4.69) is 13.2 Å². The number of nitrogens with zero attached hydrogens (tertiary/aromatic N) is 1. The van der Waals surface area contributed by atoms with Gasteiger partial charge in [-0.2, -0.15) is 0 Å². The highest BCUT2D eigenvalue weighted by atomic mass is 16.5. The summed E-state index contributed by atoms with van der Waals surface area (Å²) in [6.45, 7) is 16.9. The minimum Gasteiger partial charge on any atom is -0.457 e. The van der Waals surface area contributed by atoms with E-state index in [-0.39, 0.29) is 35.7 Å². The number of carbonyl (C=O) groups is 2. The smallest absolute Gasteiger partial charge is 0.329 e. The summed E-state index contributed by atoms with van der Waals surface area (Å²) in [5, 5.41) is 0. The van der Waals surface area contributed by atoms with Gasteiger partial charge in [0.25, 0.3) is 0 Å². The molecule has 0 radical (unpaired) electrons. The molecule has 34 heavy (non-hydrogen) atoms. The maximum absolute atomic E-state index is 13.1. The standard InChI is InChI=1S/C29H45NO4/c1-8-23(5)20-24(6)28(31)30(7)27(19-22(3)4)29(32)34-26(9-2)17-13-14-18-33-21-25-15-11-10-12-16-25/h8-12,15-16,22-24,26-27H,1-2,13-14,17-21H2,3-7H3/t23-,24+,26+,27-/m0/s1. The third kappa shape index (κ3) is 11.1. The summed E-state index contributed by atoms with van der Waals surface area (Å²) in [5.41, 5.74) is 1.16. The van der Waals surface area contributed by atoms with Gasteiger partial charge in [0.15, 0.2) is 0 Å². The van der Waals surface area contributed by atoms with Crippen molar-refractivity contribution in [1.29, 1.82) is 0 Å². The number of benzene rings is 1. The van der Waals surface area contributed by atoms with Gasteiger partial charge in [0.2, 0.25) is 5.91 Å². The number of esters is 1. The lowest BCUT2D eigenvalue weighted by atomic mass is 9.95. The highest BCUT2D eigenvalue weighted by Crippen LogP contribution is 2.20. The molecule has 1 aromatic rings. The highest BCUT2D eigenvalue weighted by Gasteiger charge is 2.32. The van der Waals surface area contributed by atoms with Gasteiger partial charge in [-0.1, -0.05) is 76.8 Å². The molecule has 1 rings (SSSR count). The molecule has 0 aliphatic heterocycles. The number of allylic oxidation sites excluding steroid dienone is 1. The van der Waals surface area contributed by atoms with E-state index in [1.165, 1.54) is 0 Å². The van der Waals surface area contributed by atoms with Crippen molar-refractivity contribution in [3.8, 4) is 0 Å². The Kier molecular flexibility index (Phi) is 14.2. The first kappa shape index (κ1) is 29.6. The first-order valence-electron chi connectivity index (χ1n) is 12.5. The number of ether oxygens (including phenoxy) is 2. The molecule has 0 aliphatic carbocycles. The van der Waals surface area contributed by atoms with E-state index in [9.17, 15) is 9.59 Å². The molecule has 0 fully saturated rings. The molecular formula is C29H45NO4. The molecule has 5 heteroatoms. The largest absolute Gasteiger partial charge is 0.457 e. The summed E-state index contributed by atoms with van der Waals surface area (Å²) in [6, 6.07) is 9.48. The Balaban J connectivity index is 2.56. The SMILES string of the molecule is C=C[C@H](CCCCOCc1ccccc1)OC(=O)[C@H](CC(C)C)N(C)C(=O)[C@H](C)C[C@@H](C)C=C. The molecule has 1 amide bonds. The van der Waals surface area contributed by atoms with Gasteiger partial charge in [0.05, 0.1) is 6.61 Å². The van der Waals surface area contributed by atoms with Crippen LogP contribution in [0.5, 0.6) is 0 Å². The summed E-state index contributed by atoms with van der Waals surface area (Å²) in [4.78, 5) is 27.7. The summed E-state index contributed by atoms with van der Waals surface area (Å²) in [7, 11) is 1.71. The lowest BCUT2D eigenvalue weighted by Crippen LogP contribution is -2.47. The molecule has 0 saturated carbocycles. The van der Waals surface area contributed by atoms with E-state index < -0.39 is 6.04 Å². The van der Waals surface area contributed by atoms with Crippen LogP contribution in [0.1, 0.15) is 65.4 Å². The zero-order valence-electron chi connectivity index (χ0n) is 21.9. The van der Waals surface area contributed by atoms with E-state index >= 15 is 0 Å². The number of likely N-dealkylation sites (N-methyl/N-ethyl adjacent to an activating group) is 1. The van der Waals surface area contributed by atoms with Crippen molar-refractivity contribution in [2.45, 2.75) is 78.6 Å². The van der Waals surface area contributed by atoms with Gasteiger partial charge >= 0.3 is 5.97 Å². The number of hydrogen-bond donors (Lipinski definition) is 0. The predicted molar refractivity (Wildman–Crippen MR) is 139 cm³/mol. The molecule has 0 spiro atoms. The minimum atomic E-state index is -0.606. The molecule has 0 aliphatic rings. The molecule has 0 N–H and O–H groups in total. The van der Waals surface area contributed by atoms with Gasteiger partial charge in [-0.05, 0) is 49.5 Å². The molecular weight excluding hydrogens is 426 g/mol. The van der Waals surface area contributed by atoms with Crippen molar-refractivity contribution in [2.24, 2.45) is 17.8 Å². The van der Waals surface area contributed by atoms with E-state index in [4.69, 9.17) is 9.47 Å². The number of unbranched alkanes of at least 4 members (excludes halogenated alkanes) is 1. The van der Waals surface area contributed by atoms with E-state index in [1.54, 1.807) is 18.0 Å². The normalized spacial score (nSPS) is 14.6. The molecule has 0 saturated heterocycles. The predicted octanol–water partition coefficient (Wildman–Crippen LogP) is 6.19. The summed E-state index contributed by atoms with van der Waals surface area (Å²) in [6.07, 6.45) is 6.83. The number of hydrogen-bond acceptors (Lipinski definition) is 4. The van der Waals surface area contributed by atoms with Crippen LogP contribution in [0.25, 0.3) is 0 Å². The minimum absolute atomic E-state index is 0.0398. The molecule has 0 aromatic heterocycles. The van der Waals surface area contributed by atoms with Crippen LogP contribution in [0.15, 0.2) is 55.6 Å². The number of carbonyl (C=O) groups excluding carboxylic acids is 2. The quantitative estimate of drug-likeness (QED) is 0.154. The average molecular weight is 472 g/mol. The van der Waals surface area contributed by atoms with Crippen LogP contribution in [0, 0.1) is 17.8 Å². The summed E-state index contributed by atoms with van der Waals surface area (Å²) >= 11 is 0. The second-order valence-corrected chi connectivity index (χ2v) is 9.69. The van der Waals surface area contributed by atoms with Crippen LogP contribution in [0.4, 0.5) is 0 Å². The van der Waals surface area contributed by atoms with Gasteiger partial charge in [0.1, 0.15) is 12.1 Å². The Bertz CT molecular complexity index is 746. The molecule has 5 nitrogen and oxygen atoms in total. The van der Waals surface area contributed by atoms with Gasteiger partial charge in [-0.25, -0.2) is 4.79 Å². The summed E-state index contributed by atoms with van der Waals surface area (Å²) < 4.78 is 11.5. The lowest BCUT2D eigenvalue weighted by Gasteiger charge is -2.31. The molecule has 4 atom stereocenters. The average Bonchev–Trinajstić information content (AvgIpc) is 2.83. The van der Waals surface area contributed by atoms with Crippen LogP contribution < -0.4 is 0 Å². The Morgan fingerprint density at radius 3 is 2.26 bits per heavy atom. The third-order valence-electron chi connectivity index (χ3n) is 6.00. The Morgan fingerprint density at radius 1 is 1.00 bits per heavy atom. The highest BCUT2D eigenvalue weighted by molar-refractivity contribution is 5.85. The molecule has 0 unspecified atom stereocenters. The van der Waals surface area contributed by atoms with E-state index in [0.29, 0.717) is 32.5 Å². The van der Waals surface area contributed by atoms with Crippen molar-refractivity contribution in [2.75, 3.05) is 13.7 Å². The third-order valence-corrected chi connectivity index (χ3v) is 6.00. The van der Waals surface area contributed by atoms with Crippen molar-refractivity contribution in [3.05, 3.63) is 61.2 Å². The van der Waals surface area contributed by atoms with Gasteiger partial charge < -0.3 is 14.4 Å². The second-order valence-electron chi connectivity index (χ2n) is 9.69. The fourth-order valence-corrected chi connectivity index (χ4v) is 3.88. The van der Waals surface area contributed by atoms with Crippen molar-refractivity contribution in [1.82, 2.24) is 4.90 Å². The molecule has 0 bridgehead atoms. The van der Waals surface area contributed by atoms with Crippen LogP contribution in [0.3, 0.4) is 0 Å². The Morgan fingerprint density at radius 2 is 1.68 bits per heavy atom. The van der Waals surface area contributed by atoms with Crippen molar-refractivity contribution < 1.29 is 19.1 Å². The summed E-state index contributed by atoms with van der Waals surface area (Å²) in [5.74, 6) is -0.101. The molecule has 0 heterocycles. The van der Waals surface area contributed by atoms with Crippen LogP contribution >= 0.6 is 0 Å². The molecule has 1 aromatic carbocycles. The van der Waals surface area contributed by atoms with Gasteiger partial charge in [0, 0.05) is 19.6 Å². The van der Waals surface area contributed by atoms with Crippen molar-refractivity contribution >= 4 is 11.9 Å². The maximum atomic E-state index is 13.1. The number of amides is 1. The zero-order chi connectivity index (χ0) is 25.5. The zero-order valence-corrected chi connectivity index (χ0v) is 21.9. The Hall–Kier alpha value is -2.40. The van der Waals surface area contributed by atoms with Crippen LogP contribution in [0.2, 0.25) is 0 Å². The first-order chi connectivity index (χ1) is 16.2. The van der Waals surface area contributed by atoms with Crippen molar-refractivity contribution in [3.63, 3.8) is 0 Å². The van der Waals surface area contributed by atoms with E-state index in [1.807, 2.05) is 64.1 Å². The number of rotatable bonds is 17. The van der Waals surface area contributed by atoms with Crippen LogP contribution in [-0.4, -0.2) is 42.6 Å². The van der Waals surface area contributed by atoms with E-state index in [0.717, 1.165) is 18.4 Å². The monoisotopic (exact) mass is 471 g/mol. The van der Waals surface area contributed by atoms with Crippen LogP contribution in [-0.2, 0) is 25.7 Å². The fourth-order valence-electron chi connectivity index (χ4n) is 3.88. The Labute approximate surface area is 207 Å². The fraction of sp³-hybridized carbons (Fsp3) is 0.586. The van der Waals surface area contributed by atoms with Gasteiger partial charge in [-0.3, -0.25) is 4.79 Å². The first-order valence-corrected chi connectivity index (χ1v) is 12.5.